The Bertz CT molecular complexity index is 1010. The van der Waals surface area contributed by atoms with Crippen molar-refractivity contribution in [2.24, 2.45) is 7.05 Å². The van der Waals surface area contributed by atoms with Gasteiger partial charge in [-0.2, -0.15) is 5.10 Å². The summed E-state index contributed by atoms with van der Waals surface area (Å²) in [5, 5.41) is 4.68. The number of thiazole rings is 1. The molecule has 2 aromatic carbocycles. The van der Waals surface area contributed by atoms with E-state index in [0.717, 1.165) is 21.2 Å². The second-order valence-corrected chi connectivity index (χ2v) is 7.84. The molecule has 0 saturated carbocycles. The van der Waals surface area contributed by atoms with E-state index in [4.69, 9.17) is 12.2 Å². The zero-order valence-corrected chi connectivity index (χ0v) is 15.4. The van der Waals surface area contributed by atoms with Crippen molar-refractivity contribution in [3.05, 3.63) is 59.4 Å². The van der Waals surface area contributed by atoms with Crippen LogP contribution in [0.3, 0.4) is 0 Å². The first kappa shape index (κ1) is 15.6. The van der Waals surface area contributed by atoms with Crippen molar-refractivity contribution >= 4 is 45.5 Å². The number of benzene rings is 2. The smallest absolute Gasteiger partial charge is 0.198 e. The lowest BCUT2D eigenvalue weighted by Gasteiger charge is -1.98. The van der Waals surface area contributed by atoms with Gasteiger partial charge in [-0.05, 0) is 24.4 Å². The first-order valence-corrected chi connectivity index (χ1v) is 9.61. The van der Waals surface area contributed by atoms with Crippen LogP contribution >= 0.6 is 35.3 Å². The van der Waals surface area contributed by atoms with E-state index in [2.05, 4.69) is 16.1 Å². The molecule has 0 spiro atoms. The lowest BCUT2D eigenvalue weighted by molar-refractivity contribution is 0.726. The maximum absolute atomic E-state index is 5.53. The van der Waals surface area contributed by atoms with Crippen LogP contribution in [0, 0.1) is 4.77 Å². The molecule has 2 heterocycles. The fourth-order valence-corrected chi connectivity index (χ4v) is 4.65. The Kier molecular flexibility index (Phi) is 4.22. The third-order valence-corrected chi connectivity index (χ3v) is 6.29. The van der Waals surface area contributed by atoms with E-state index in [1.54, 1.807) is 23.1 Å². The molecule has 0 saturated heterocycles. The number of nitrogens with zero attached hydrogens (tertiary/aromatic N) is 4. The van der Waals surface area contributed by atoms with Crippen LogP contribution in [0.25, 0.3) is 21.6 Å². The molecule has 0 radical (unpaired) electrons. The number of rotatable bonds is 4. The minimum atomic E-state index is 0.652. The van der Waals surface area contributed by atoms with Gasteiger partial charge in [-0.15, -0.1) is 11.3 Å². The second kappa shape index (κ2) is 6.51. The van der Waals surface area contributed by atoms with Gasteiger partial charge in [0.25, 0.3) is 0 Å². The highest BCUT2D eigenvalue weighted by Crippen LogP contribution is 2.30. The van der Waals surface area contributed by atoms with Crippen molar-refractivity contribution in [3.63, 3.8) is 0 Å². The highest BCUT2D eigenvalue weighted by Gasteiger charge is 2.11. The molecule has 4 aromatic rings. The van der Waals surface area contributed by atoms with Crippen molar-refractivity contribution in [2.75, 3.05) is 0 Å². The van der Waals surface area contributed by atoms with E-state index < -0.39 is 0 Å². The summed E-state index contributed by atoms with van der Waals surface area (Å²) in [6, 6.07) is 18.3. The molecule has 0 N–H and O–H groups in total. The molecule has 0 aliphatic rings. The predicted octanol–water partition coefficient (Wildman–Crippen LogP) is 4.98. The molecule has 0 aliphatic carbocycles. The molecule has 0 fully saturated rings. The highest BCUT2D eigenvalue weighted by atomic mass is 32.2. The van der Waals surface area contributed by atoms with Crippen LogP contribution in [0.1, 0.15) is 0 Å². The zero-order chi connectivity index (χ0) is 16.5. The molecule has 0 aliphatic heterocycles. The van der Waals surface area contributed by atoms with Crippen LogP contribution in [-0.4, -0.2) is 19.3 Å². The third-order valence-electron chi connectivity index (χ3n) is 3.66. The van der Waals surface area contributed by atoms with Gasteiger partial charge in [-0.25, -0.2) is 9.67 Å². The molecule has 7 heteroatoms. The van der Waals surface area contributed by atoms with E-state index in [-0.39, 0.29) is 0 Å². The number of aromatic nitrogens is 4. The Balaban J connectivity index is 1.60. The van der Waals surface area contributed by atoms with Gasteiger partial charge in [0.1, 0.15) is 0 Å². The summed E-state index contributed by atoms with van der Waals surface area (Å²) in [6.07, 6.45) is 0. The first-order valence-electron chi connectivity index (χ1n) is 7.40. The molecule has 0 amide bonds. The van der Waals surface area contributed by atoms with Crippen LogP contribution in [0.2, 0.25) is 0 Å². The fraction of sp³-hybridized carbons (Fsp3) is 0.118. The summed E-state index contributed by atoms with van der Waals surface area (Å²) in [5.74, 6) is 1.53. The molecule has 2 aromatic heterocycles. The fourth-order valence-electron chi connectivity index (χ4n) is 2.44. The maximum Gasteiger partial charge on any atom is 0.198 e. The number of hydrogen-bond donors (Lipinski definition) is 0. The Hall–Kier alpha value is -1.96. The SMILES string of the molecule is Cn1c(-c2ccccc2)nn(CSc2nc3ccccc3s2)c1=S. The van der Waals surface area contributed by atoms with Gasteiger partial charge in [0.2, 0.25) is 0 Å². The van der Waals surface area contributed by atoms with Crippen molar-refractivity contribution < 1.29 is 0 Å². The van der Waals surface area contributed by atoms with Gasteiger partial charge in [-0.1, -0.05) is 54.2 Å². The van der Waals surface area contributed by atoms with Gasteiger partial charge in [0, 0.05) is 12.6 Å². The number of thioether (sulfide) groups is 1. The van der Waals surface area contributed by atoms with E-state index in [1.807, 2.05) is 64.8 Å². The summed E-state index contributed by atoms with van der Waals surface area (Å²) in [7, 11) is 1.95. The Morgan fingerprint density at radius 3 is 2.62 bits per heavy atom. The zero-order valence-electron chi connectivity index (χ0n) is 12.9. The Morgan fingerprint density at radius 2 is 1.83 bits per heavy atom. The molecule has 0 bridgehead atoms. The van der Waals surface area contributed by atoms with Gasteiger partial charge >= 0.3 is 0 Å². The average molecular weight is 371 g/mol. The van der Waals surface area contributed by atoms with Crippen LogP contribution in [-0.2, 0) is 12.9 Å². The lowest BCUT2D eigenvalue weighted by Crippen LogP contribution is -1.97. The van der Waals surface area contributed by atoms with Crippen LogP contribution in [0.5, 0.6) is 0 Å². The number of hydrogen-bond acceptors (Lipinski definition) is 5. The van der Waals surface area contributed by atoms with Gasteiger partial charge in [0.05, 0.1) is 16.1 Å². The summed E-state index contributed by atoms with van der Waals surface area (Å²) < 4.78 is 6.75. The standard InChI is InChI=1S/C17H14N4S3/c1-20-15(12-7-3-2-4-8-12)19-21(17(20)22)11-23-16-18-13-9-5-6-10-14(13)24-16/h2-10H,11H2,1H3. The monoisotopic (exact) mass is 370 g/mol. The van der Waals surface area contributed by atoms with Crippen molar-refractivity contribution in [1.82, 2.24) is 19.3 Å². The van der Waals surface area contributed by atoms with Crippen molar-refractivity contribution in [1.29, 1.82) is 0 Å². The van der Waals surface area contributed by atoms with Crippen molar-refractivity contribution in [3.8, 4) is 11.4 Å². The summed E-state index contributed by atoms with van der Waals surface area (Å²) in [6.45, 7) is 0. The van der Waals surface area contributed by atoms with Gasteiger partial charge in [0.15, 0.2) is 14.9 Å². The first-order chi connectivity index (χ1) is 11.7. The largest absolute Gasteiger partial charge is 0.303 e. The molecule has 4 nitrogen and oxygen atoms in total. The molecule has 0 unspecified atom stereocenters. The maximum atomic E-state index is 5.53. The molecular formula is C17H14N4S3. The molecule has 4 rings (SSSR count). The van der Waals surface area contributed by atoms with E-state index >= 15 is 0 Å². The summed E-state index contributed by atoms with van der Waals surface area (Å²) in [4.78, 5) is 4.64. The van der Waals surface area contributed by atoms with Gasteiger partial charge < -0.3 is 4.57 Å². The minimum Gasteiger partial charge on any atom is -0.303 e. The minimum absolute atomic E-state index is 0.652. The molecular weight excluding hydrogens is 356 g/mol. The topological polar surface area (TPSA) is 35.6 Å². The predicted molar refractivity (Wildman–Crippen MR) is 103 cm³/mol. The van der Waals surface area contributed by atoms with E-state index in [1.165, 1.54) is 4.70 Å². The van der Waals surface area contributed by atoms with Crippen LogP contribution in [0.4, 0.5) is 0 Å². The number of fused-ring (bicyclic) bond motifs is 1. The normalized spacial score (nSPS) is 11.2. The van der Waals surface area contributed by atoms with Crippen LogP contribution in [0.15, 0.2) is 58.9 Å². The average Bonchev–Trinajstić information content (AvgIpc) is 3.16. The second-order valence-electron chi connectivity index (χ2n) is 5.25. The Morgan fingerprint density at radius 1 is 1.08 bits per heavy atom. The van der Waals surface area contributed by atoms with E-state index in [9.17, 15) is 0 Å². The van der Waals surface area contributed by atoms with Crippen LogP contribution < -0.4 is 0 Å². The van der Waals surface area contributed by atoms with Crippen molar-refractivity contribution in [2.45, 2.75) is 10.2 Å². The molecule has 24 heavy (non-hydrogen) atoms. The highest BCUT2D eigenvalue weighted by molar-refractivity contribution is 8.00. The van der Waals surface area contributed by atoms with Gasteiger partial charge in [-0.3, -0.25) is 0 Å². The number of para-hydroxylation sites is 1. The summed E-state index contributed by atoms with van der Waals surface area (Å²) in [5.41, 5.74) is 2.11. The Labute approximate surface area is 152 Å². The van der Waals surface area contributed by atoms with E-state index in [0.29, 0.717) is 10.6 Å². The molecule has 0 atom stereocenters. The third kappa shape index (κ3) is 2.90. The summed E-state index contributed by atoms with van der Waals surface area (Å²) >= 11 is 8.89. The lowest BCUT2D eigenvalue weighted by atomic mass is 10.2. The quantitative estimate of drug-likeness (QED) is 0.375. The molecule has 120 valence electrons.